The van der Waals surface area contributed by atoms with Gasteiger partial charge in [-0.1, -0.05) is 0 Å². The molecule has 0 aliphatic rings. The average molecular weight is 207 g/mol. The first-order valence-electron chi connectivity index (χ1n) is 4.55. The van der Waals surface area contributed by atoms with Crippen molar-refractivity contribution >= 4 is 13.8 Å². The zero-order chi connectivity index (χ0) is 10.2. The van der Waals surface area contributed by atoms with Crippen LogP contribution in [-0.4, -0.2) is 32.1 Å². The molecule has 0 aliphatic heterocycles. The molecule has 0 aliphatic carbocycles. The zero-order valence-electron chi connectivity index (χ0n) is 8.52. The minimum Gasteiger partial charge on any atom is -0.309 e. The van der Waals surface area contributed by atoms with Gasteiger partial charge in [0, 0.05) is 12.8 Å². The van der Waals surface area contributed by atoms with Crippen LogP contribution in [0.1, 0.15) is 20.8 Å². The Labute approximate surface area is 79.9 Å². The lowest BCUT2D eigenvalue weighted by Crippen LogP contribution is -2.01. The van der Waals surface area contributed by atoms with Gasteiger partial charge in [0.25, 0.3) is 0 Å². The monoisotopic (exact) mass is 207 g/mol. The molecule has 5 heteroatoms. The second-order valence-electron chi connectivity index (χ2n) is 2.31. The van der Waals surface area contributed by atoms with Crippen LogP contribution < -0.4 is 0 Å². The number of rotatable bonds is 7. The van der Waals surface area contributed by atoms with Crippen LogP contribution in [0.25, 0.3) is 0 Å². The number of hydrogen-bond donors (Lipinski definition) is 0. The van der Waals surface area contributed by atoms with Gasteiger partial charge in [-0.2, -0.15) is 0 Å². The molecule has 0 heterocycles. The highest BCUT2D eigenvalue weighted by Gasteiger charge is 2.21. The molecule has 0 fully saturated rings. The van der Waals surface area contributed by atoms with Crippen molar-refractivity contribution in [1.82, 2.24) is 0 Å². The standard InChI is InChI=1S/C8H18NO3P/c1-4-9-7-8-13(10,11-5-2)12-6-3/h7H,4-6,8H2,1-3H3. The van der Waals surface area contributed by atoms with E-state index >= 15 is 0 Å². The third kappa shape index (κ3) is 5.97. The minimum atomic E-state index is -2.90. The van der Waals surface area contributed by atoms with Gasteiger partial charge in [-0.15, -0.1) is 0 Å². The average Bonchev–Trinajstić information content (AvgIpc) is 2.05. The second kappa shape index (κ2) is 7.25. The summed E-state index contributed by atoms with van der Waals surface area (Å²) in [6.07, 6.45) is 1.87. The molecule has 0 aromatic rings. The van der Waals surface area contributed by atoms with Gasteiger partial charge in [-0.25, -0.2) is 0 Å². The second-order valence-corrected chi connectivity index (χ2v) is 4.41. The van der Waals surface area contributed by atoms with E-state index in [2.05, 4.69) is 4.99 Å². The molecule has 78 valence electrons. The van der Waals surface area contributed by atoms with Crippen LogP contribution in [0.4, 0.5) is 0 Å². The summed E-state index contributed by atoms with van der Waals surface area (Å²) in [5.74, 6) is 0. The van der Waals surface area contributed by atoms with Gasteiger partial charge in [0.1, 0.15) is 0 Å². The fourth-order valence-electron chi connectivity index (χ4n) is 0.823. The molecule has 0 amide bonds. The zero-order valence-corrected chi connectivity index (χ0v) is 9.42. The Morgan fingerprint density at radius 2 is 1.77 bits per heavy atom. The van der Waals surface area contributed by atoms with E-state index < -0.39 is 7.60 Å². The molecule has 0 rings (SSSR count). The van der Waals surface area contributed by atoms with E-state index in [1.54, 1.807) is 20.1 Å². The van der Waals surface area contributed by atoms with E-state index in [0.717, 1.165) is 0 Å². The molecular weight excluding hydrogens is 189 g/mol. The summed E-state index contributed by atoms with van der Waals surface area (Å²) in [5.41, 5.74) is 0. The predicted molar refractivity (Wildman–Crippen MR) is 54.8 cm³/mol. The van der Waals surface area contributed by atoms with Crippen molar-refractivity contribution in [3.05, 3.63) is 0 Å². The smallest absolute Gasteiger partial charge is 0.309 e. The van der Waals surface area contributed by atoms with Crippen LogP contribution >= 0.6 is 7.60 Å². The third-order valence-corrected chi connectivity index (χ3v) is 3.18. The summed E-state index contributed by atoms with van der Waals surface area (Å²) in [4.78, 5) is 3.96. The Morgan fingerprint density at radius 3 is 2.15 bits per heavy atom. The normalized spacial score (nSPS) is 12.5. The molecule has 0 saturated carbocycles. The topological polar surface area (TPSA) is 47.9 Å². The maximum absolute atomic E-state index is 11.8. The first kappa shape index (κ1) is 12.8. The maximum Gasteiger partial charge on any atom is 0.335 e. The maximum atomic E-state index is 11.8. The van der Waals surface area contributed by atoms with E-state index in [1.807, 2.05) is 6.92 Å². The summed E-state index contributed by atoms with van der Waals surface area (Å²) in [6.45, 7) is 7.00. The Kier molecular flexibility index (Phi) is 7.14. The fourth-order valence-corrected chi connectivity index (χ4v) is 2.21. The molecule has 0 N–H and O–H groups in total. The van der Waals surface area contributed by atoms with Crippen molar-refractivity contribution < 1.29 is 13.6 Å². The van der Waals surface area contributed by atoms with Crippen molar-refractivity contribution in [2.24, 2.45) is 4.99 Å². The molecule has 0 aromatic carbocycles. The number of hydrogen-bond acceptors (Lipinski definition) is 4. The van der Waals surface area contributed by atoms with Gasteiger partial charge >= 0.3 is 7.60 Å². The van der Waals surface area contributed by atoms with Gasteiger partial charge in [0.05, 0.1) is 19.4 Å². The van der Waals surface area contributed by atoms with Crippen LogP contribution in [0.2, 0.25) is 0 Å². The Bertz CT molecular complexity index is 184. The van der Waals surface area contributed by atoms with Gasteiger partial charge in [0.2, 0.25) is 0 Å². The van der Waals surface area contributed by atoms with Gasteiger partial charge in [-0.3, -0.25) is 9.56 Å². The highest BCUT2D eigenvalue weighted by atomic mass is 31.2. The van der Waals surface area contributed by atoms with Gasteiger partial charge < -0.3 is 9.05 Å². The van der Waals surface area contributed by atoms with Gasteiger partial charge in [0.15, 0.2) is 0 Å². The molecule has 13 heavy (non-hydrogen) atoms. The Morgan fingerprint density at radius 1 is 1.23 bits per heavy atom. The van der Waals surface area contributed by atoms with Crippen molar-refractivity contribution in [2.45, 2.75) is 20.8 Å². The molecule has 0 spiro atoms. The SMILES string of the molecule is CCN=CCP(=O)(OCC)OCC. The van der Waals surface area contributed by atoms with E-state index in [0.29, 0.717) is 19.8 Å². The lowest BCUT2D eigenvalue weighted by atomic mass is 10.7. The van der Waals surface area contributed by atoms with Crippen LogP contribution in [-0.2, 0) is 13.6 Å². The van der Waals surface area contributed by atoms with E-state index in [9.17, 15) is 4.57 Å². The first-order valence-corrected chi connectivity index (χ1v) is 6.27. The lowest BCUT2D eigenvalue weighted by molar-refractivity contribution is 0.223. The Hall–Kier alpha value is -0.180. The lowest BCUT2D eigenvalue weighted by Gasteiger charge is -2.14. The summed E-state index contributed by atoms with van der Waals surface area (Å²) in [7, 11) is -2.90. The molecule has 0 aromatic heterocycles. The molecule has 0 radical (unpaired) electrons. The van der Waals surface area contributed by atoms with Crippen molar-refractivity contribution in [1.29, 1.82) is 0 Å². The summed E-state index contributed by atoms with van der Waals surface area (Å²) < 4.78 is 21.9. The van der Waals surface area contributed by atoms with E-state index in [4.69, 9.17) is 9.05 Å². The van der Waals surface area contributed by atoms with Crippen LogP contribution in [0.3, 0.4) is 0 Å². The number of nitrogens with zero attached hydrogens (tertiary/aromatic N) is 1. The minimum absolute atomic E-state index is 0.266. The molecule has 0 bridgehead atoms. The highest BCUT2D eigenvalue weighted by Crippen LogP contribution is 2.46. The summed E-state index contributed by atoms with van der Waals surface area (Å²) >= 11 is 0. The van der Waals surface area contributed by atoms with Crippen molar-refractivity contribution in [2.75, 3.05) is 25.9 Å². The van der Waals surface area contributed by atoms with E-state index in [-0.39, 0.29) is 6.16 Å². The summed E-state index contributed by atoms with van der Waals surface area (Å²) in [5, 5.41) is 0. The summed E-state index contributed by atoms with van der Waals surface area (Å²) in [6, 6.07) is 0. The molecule has 0 unspecified atom stereocenters. The third-order valence-electron chi connectivity index (χ3n) is 1.27. The van der Waals surface area contributed by atoms with E-state index in [1.165, 1.54) is 0 Å². The quantitative estimate of drug-likeness (QED) is 0.475. The van der Waals surface area contributed by atoms with Crippen molar-refractivity contribution in [3.8, 4) is 0 Å². The highest BCUT2D eigenvalue weighted by molar-refractivity contribution is 7.54. The molecule has 0 atom stereocenters. The molecular formula is C8H18NO3P. The van der Waals surface area contributed by atoms with Crippen LogP contribution in [0, 0.1) is 0 Å². The predicted octanol–water partition coefficient (Wildman–Crippen LogP) is 2.34. The molecule has 0 saturated heterocycles. The first-order chi connectivity index (χ1) is 6.18. The van der Waals surface area contributed by atoms with Crippen LogP contribution in [0.5, 0.6) is 0 Å². The largest absolute Gasteiger partial charge is 0.335 e. The fraction of sp³-hybridized carbons (Fsp3) is 0.875. The van der Waals surface area contributed by atoms with Gasteiger partial charge in [-0.05, 0) is 20.8 Å². The number of aliphatic imine (C=N–C) groups is 1. The molecule has 4 nitrogen and oxygen atoms in total. The van der Waals surface area contributed by atoms with Crippen molar-refractivity contribution in [3.63, 3.8) is 0 Å². The Balaban J connectivity index is 4.07. The van der Waals surface area contributed by atoms with Crippen LogP contribution in [0.15, 0.2) is 4.99 Å².